The molecule has 0 saturated heterocycles. The summed E-state index contributed by atoms with van der Waals surface area (Å²) >= 11 is 5.72. The van der Waals surface area contributed by atoms with E-state index in [1.807, 2.05) is 0 Å². The van der Waals surface area contributed by atoms with Gasteiger partial charge in [0, 0.05) is 17.0 Å². The molecule has 1 N–H and O–H groups in total. The molecular weight excluding hydrogens is 219 g/mol. The van der Waals surface area contributed by atoms with Crippen LogP contribution in [0.4, 0.5) is 4.39 Å². The van der Waals surface area contributed by atoms with Crippen molar-refractivity contribution in [2.24, 2.45) is 0 Å². The van der Waals surface area contributed by atoms with Crippen LogP contribution in [0.15, 0.2) is 12.1 Å². The van der Waals surface area contributed by atoms with E-state index < -0.39 is 11.2 Å². The van der Waals surface area contributed by atoms with Crippen LogP contribution in [0.2, 0.25) is 5.02 Å². The monoisotopic (exact) mass is 232 g/mol. The minimum absolute atomic E-state index is 0.00544. The van der Waals surface area contributed by atoms with Gasteiger partial charge in [0.1, 0.15) is 11.6 Å². The third-order valence-corrected chi connectivity index (χ3v) is 2.64. The number of benzene rings is 1. The second kappa shape index (κ2) is 4.37. The molecule has 1 aromatic rings. The Kier molecular flexibility index (Phi) is 3.58. The molecule has 0 atom stereocenters. The standard InChI is InChI=1S/C11H14ClFO2/c1-11(2,6-14)8-4-7(15-3)5-9(12)10(8)13/h4-5,14H,6H2,1-3H3. The Morgan fingerprint density at radius 1 is 1.47 bits per heavy atom. The average molecular weight is 233 g/mol. The molecule has 0 aliphatic rings. The summed E-state index contributed by atoms with van der Waals surface area (Å²) in [5.74, 6) is -0.0190. The number of hydrogen-bond donors (Lipinski definition) is 1. The van der Waals surface area contributed by atoms with Gasteiger partial charge in [0.2, 0.25) is 0 Å². The summed E-state index contributed by atoms with van der Waals surface area (Å²) in [7, 11) is 1.49. The molecule has 0 aliphatic carbocycles. The zero-order chi connectivity index (χ0) is 11.6. The molecular formula is C11H14ClFO2. The van der Waals surface area contributed by atoms with Crippen LogP contribution in [0.5, 0.6) is 5.75 Å². The highest BCUT2D eigenvalue weighted by atomic mass is 35.5. The van der Waals surface area contributed by atoms with Crippen molar-refractivity contribution in [2.45, 2.75) is 19.3 Å². The minimum atomic E-state index is -0.678. The van der Waals surface area contributed by atoms with E-state index in [4.69, 9.17) is 16.3 Å². The van der Waals surface area contributed by atoms with Crippen molar-refractivity contribution < 1.29 is 14.2 Å². The lowest BCUT2D eigenvalue weighted by atomic mass is 9.85. The highest BCUT2D eigenvalue weighted by Crippen LogP contribution is 2.33. The highest BCUT2D eigenvalue weighted by Gasteiger charge is 2.25. The molecule has 0 heterocycles. The summed E-state index contributed by atoms with van der Waals surface area (Å²) in [6, 6.07) is 2.96. The molecule has 0 aromatic heterocycles. The molecule has 2 nitrogen and oxygen atoms in total. The Morgan fingerprint density at radius 2 is 2.07 bits per heavy atom. The van der Waals surface area contributed by atoms with Gasteiger partial charge in [-0.25, -0.2) is 4.39 Å². The van der Waals surface area contributed by atoms with E-state index >= 15 is 0 Å². The Morgan fingerprint density at radius 3 is 2.53 bits per heavy atom. The first kappa shape index (κ1) is 12.3. The van der Waals surface area contributed by atoms with Gasteiger partial charge in [-0.05, 0) is 6.07 Å². The summed E-state index contributed by atoms with van der Waals surface area (Å²) in [5, 5.41) is 9.18. The predicted octanol–water partition coefficient (Wildman–Crippen LogP) is 2.76. The minimum Gasteiger partial charge on any atom is -0.497 e. The number of aliphatic hydroxyl groups is 1. The normalized spacial score (nSPS) is 11.6. The van der Waals surface area contributed by atoms with Crippen LogP contribution >= 0.6 is 11.6 Å². The molecule has 4 heteroatoms. The largest absolute Gasteiger partial charge is 0.497 e. The van der Waals surface area contributed by atoms with Crippen molar-refractivity contribution in [1.82, 2.24) is 0 Å². The van der Waals surface area contributed by atoms with E-state index in [0.717, 1.165) is 0 Å². The predicted molar refractivity (Wildman–Crippen MR) is 58.1 cm³/mol. The third kappa shape index (κ3) is 2.41. The molecule has 0 amide bonds. The fourth-order valence-electron chi connectivity index (χ4n) is 1.26. The van der Waals surface area contributed by atoms with Crippen molar-refractivity contribution in [2.75, 3.05) is 13.7 Å². The van der Waals surface area contributed by atoms with E-state index in [1.54, 1.807) is 19.9 Å². The zero-order valence-electron chi connectivity index (χ0n) is 8.97. The molecule has 0 fully saturated rings. The SMILES string of the molecule is COc1cc(Cl)c(F)c(C(C)(C)CO)c1. The lowest BCUT2D eigenvalue weighted by molar-refractivity contribution is 0.214. The van der Waals surface area contributed by atoms with Gasteiger partial charge in [-0.2, -0.15) is 0 Å². The summed E-state index contributed by atoms with van der Waals surface area (Å²) in [5.41, 5.74) is -0.322. The van der Waals surface area contributed by atoms with E-state index in [9.17, 15) is 9.50 Å². The van der Waals surface area contributed by atoms with E-state index in [1.165, 1.54) is 13.2 Å². The van der Waals surface area contributed by atoms with Gasteiger partial charge in [-0.1, -0.05) is 25.4 Å². The molecule has 1 aromatic carbocycles. The average Bonchev–Trinajstić information content (AvgIpc) is 2.21. The second-order valence-electron chi connectivity index (χ2n) is 4.01. The Labute approximate surface area is 93.6 Å². The first-order valence-corrected chi connectivity index (χ1v) is 4.94. The first-order chi connectivity index (χ1) is 6.92. The summed E-state index contributed by atoms with van der Waals surface area (Å²) in [6.45, 7) is 3.32. The lowest BCUT2D eigenvalue weighted by Gasteiger charge is -2.23. The van der Waals surface area contributed by atoms with Gasteiger partial charge in [-0.15, -0.1) is 0 Å². The summed E-state index contributed by atoms with van der Waals surface area (Å²) in [4.78, 5) is 0. The number of ether oxygens (including phenoxy) is 1. The van der Waals surface area contributed by atoms with Crippen LogP contribution < -0.4 is 4.74 Å². The zero-order valence-corrected chi connectivity index (χ0v) is 9.73. The molecule has 0 saturated carbocycles. The number of hydrogen-bond acceptors (Lipinski definition) is 2. The van der Waals surface area contributed by atoms with E-state index in [2.05, 4.69) is 0 Å². The van der Waals surface area contributed by atoms with Crippen molar-refractivity contribution in [1.29, 1.82) is 0 Å². The van der Waals surface area contributed by atoms with Crippen molar-refractivity contribution in [3.05, 3.63) is 28.5 Å². The van der Waals surface area contributed by atoms with Gasteiger partial charge in [0.25, 0.3) is 0 Å². The molecule has 0 bridgehead atoms. The van der Waals surface area contributed by atoms with Crippen LogP contribution in [-0.2, 0) is 5.41 Å². The summed E-state index contributed by atoms with van der Waals surface area (Å²) in [6.07, 6.45) is 0. The maximum atomic E-state index is 13.7. The molecule has 84 valence electrons. The van der Waals surface area contributed by atoms with Crippen LogP contribution in [-0.4, -0.2) is 18.8 Å². The fraction of sp³-hybridized carbons (Fsp3) is 0.455. The van der Waals surface area contributed by atoms with Crippen molar-refractivity contribution in [3.63, 3.8) is 0 Å². The molecule has 0 spiro atoms. The Bertz CT molecular complexity index is 364. The molecule has 0 aliphatic heterocycles. The summed E-state index contributed by atoms with van der Waals surface area (Å²) < 4.78 is 18.7. The fourth-order valence-corrected chi connectivity index (χ4v) is 1.47. The van der Waals surface area contributed by atoms with E-state index in [0.29, 0.717) is 11.3 Å². The lowest BCUT2D eigenvalue weighted by Crippen LogP contribution is -2.23. The van der Waals surface area contributed by atoms with Crippen LogP contribution in [0, 0.1) is 5.82 Å². The molecule has 1 rings (SSSR count). The van der Waals surface area contributed by atoms with Crippen LogP contribution in [0.25, 0.3) is 0 Å². The Balaban J connectivity index is 3.34. The van der Waals surface area contributed by atoms with Crippen LogP contribution in [0.1, 0.15) is 19.4 Å². The molecule has 0 unspecified atom stereocenters. The maximum absolute atomic E-state index is 13.7. The number of halogens is 2. The maximum Gasteiger partial charge on any atom is 0.145 e. The number of aliphatic hydroxyl groups excluding tert-OH is 1. The van der Waals surface area contributed by atoms with Gasteiger partial charge in [0.15, 0.2) is 0 Å². The quantitative estimate of drug-likeness (QED) is 0.869. The van der Waals surface area contributed by atoms with E-state index in [-0.39, 0.29) is 11.6 Å². The van der Waals surface area contributed by atoms with Crippen LogP contribution in [0.3, 0.4) is 0 Å². The van der Waals surface area contributed by atoms with Crippen molar-refractivity contribution in [3.8, 4) is 5.75 Å². The highest BCUT2D eigenvalue weighted by molar-refractivity contribution is 6.31. The number of methoxy groups -OCH3 is 1. The second-order valence-corrected chi connectivity index (χ2v) is 4.42. The smallest absolute Gasteiger partial charge is 0.145 e. The third-order valence-electron chi connectivity index (χ3n) is 2.36. The van der Waals surface area contributed by atoms with Gasteiger partial charge >= 0.3 is 0 Å². The molecule has 0 radical (unpaired) electrons. The first-order valence-electron chi connectivity index (χ1n) is 4.56. The number of rotatable bonds is 3. The van der Waals surface area contributed by atoms with Gasteiger partial charge in [0.05, 0.1) is 18.7 Å². The molecule has 15 heavy (non-hydrogen) atoms. The topological polar surface area (TPSA) is 29.5 Å². The van der Waals surface area contributed by atoms with Gasteiger partial charge < -0.3 is 9.84 Å². The Hall–Kier alpha value is -0.800. The van der Waals surface area contributed by atoms with Gasteiger partial charge in [-0.3, -0.25) is 0 Å². The van der Waals surface area contributed by atoms with Crippen molar-refractivity contribution >= 4 is 11.6 Å².